The molecule has 0 radical (unpaired) electrons. The Morgan fingerprint density at radius 2 is 1.83 bits per heavy atom. The van der Waals surface area contributed by atoms with E-state index in [4.69, 9.17) is 14.2 Å². The lowest BCUT2D eigenvalue weighted by molar-refractivity contribution is -0.141. The molecule has 3 amide bonds. The second-order valence-electron chi connectivity index (χ2n) is 10.0. The molecule has 2 aliphatic heterocycles. The van der Waals surface area contributed by atoms with Crippen LogP contribution in [-0.4, -0.2) is 97.3 Å². The fourth-order valence-electron chi connectivity index (χ4n) is 4.18. The molecule has 9 nitrogen and oxygen atoms in total. The number of rotatable bonds is 6. The molecule has 10 heteroatoms. The lowest BCUT2D eigenvalue weighted by Gasteiger charge is -2.39. The van der Waals surface area contributed by atoms with E-state index in [1.54, 1.807) is 32.7 Å². The number of morpholine rings is 1. The summed E-state index contributed by atoms with van der Waals surface area (Å²) in [6, 6.07) is 7.61. The Kier molecular flexibility index (Phi) is 9.40. The van der Waals surface area contributed by atoms with Crippen molar-refractivity contribution >= 4 is 33.8 Å². The Balaban J connectivity index is 1.66. The van der Waals surface area contributed by atoms with Crippen molar-refractivity contribution in [2.24, 2.45) is 5.92 Å². The largest absolute Gasteiger partial charge is 0.490 e. The number of ether oxygens (including phenoxy) is 3. The Hall–Kier alpha value is -2.33. The van der Waals surface area contributed by atoms with Crippen LogP contribution in [0.5, 0.6) is 5.75 Å². The predicted molar refractivity (Wildman–Crippen MR) is 134 cm³/mol. The molecule has 0 N–H and O–H groups in total. The van der Waals surface area contributed by atoms with E-state index in [0.717, 1.165) is 10.2 Å². The highest BCUT2D eigenvalue weighted by molar-refractivity contribution is 9.10. The maximum absolute atomic E-state index is 13.0. The highest BCUT2D eigenvalue weighted by Crippen LogP contribution is 2.28. The zero-order valence-electron chi connectivity index (χ0n) is 21.0. The van der Waals surface area contributed by atoms with Crippen molar-refractivity contribution in [2.75, 3.05) is 53.0 Å². The molecule has 0 aromatic heterocycles. The van der Waals surface area contributed by atoms with E-state index >= 15 is 0 Å². The average Bonchev–Trinajstić information content (AvgIpc) is 2.79. The van der Waals surface area contributed by atoms with Crippen molar-refractivity contribution in [1.29, 1.82) is 0 Å². The molecule has 1 aromatic carbocycles. The number of amides is 3. The summed E-state index contributed by atoms with van der Waals surface area (Å²) in [5, 5.41) is 0. The molecular formula is C25H36BrN3O6. The summed E-state index contributed by atoms with van der Waals surface area (Å²) < 4.78 is 17.9. The summed E-state index contributed by atoms with van der Waals surface area (Å²) in [7, 11) is 1.55. The third-order valence-corrected chi connectivity index (χ3v) is 6.47. The van der Waals surface area contributed by atoms with Gasteiger partial charge in [0.15, 0.2) is 0 Å². The molecule has 194 valence electrons. The van der Waals surface area contributed by atoms with E-state index in [1.165, 1.54) is 4.90 Å². The van der Waals surface area contributed by atoms with Gasteiger partial charge in [-0.1, -0.05) is 22.0 Å². The molecule has 2 fully saturated rings. The highest BCUT2D eigenvalue weighted by Gasteiger charge is 2.36. The maximum Gasteiger partial charge on any atom is 0.410 e. The minimum absolute atomic E-state index is 0.0429. The first-order valence-corrected chi connectivity index (χ1v) is 12.8. The second kappa shape index (κ2) is 12.1. The first-order chi connectivity index (χ1) is 16.5. The van der Waals surface area contributed by atoms with Gasteiger partial charge >= 0.3 is 6.09 Å². The van der Waals surface area contributed by atoms with E-state index in [-0.39, 0.29) is 36.8 Å². The van der Waals surface area contributed by atoms with Gasteiger partial charge in [-0.2, -0.15) is 0 Å². The third-order valence-electron chi connectivity index (χ3n) is 5.98. The van der Waals surface area contributed by atoms with Crippen LogP contribution < -0.4 is 4.74 Å². The van der Waals surface area contributed by atoms with Gasteiger partial charge in [0.1, 0.15) is 24.0 Å². The van der Waals surface area contributed by atoms with Gasteiger partial charge in [0.2, 0.25) is 11.8 Å². The van der Waals surface area contributed by atoms with Gasteiger partial charge < -0.3 is 28.9 Å². The van der Waals surface area contributed by atoms with Gasteiger partial charge in [-0.3, -0.25) is 9.59 Å². The van der Waals surface area contributed by atoms with E-state index in [9.17, 15) is 14.4 Å². The van der Waals surface area contributed by atoms with Gasteiger partial charge in [0.25, 0.3) is 0 Å². The molecule has 2 atom stereocenters. The van der Waals surface area contributed by atoms with Gasteiger partial charge in [-0.15, -0.1) is 0 Å². The van der Waals surface area contributed by atoms with Crippen molar-refractivity contribution in [1.82, 2.24) is 14.7 Å². The number of nitrogens with zero attached hydrogens (tertiary/aromatic N) is 3. The zero-order valence-corrected chi connectivity index (χ0v) is 22.6. The molecule has 0 saturated carbocycles. The van der Waals surface area contributed by atoms with Crippen molar-refractivity contribution in [3.8, 4) is 5.75 Å². The number of halogens is 1. The number of benzene rings is 1. The number of hydrogen-bond acceptors (Lipinski definition) is 6. The maximum atomic E-state index is 13.0. The van der Waals surface area contributed by atoms with Gasteiger partial charge in [0, 0.05) is 56.5 Å². The summed E-state index contributed by atoms with van der Waals surface area (Å²) in [4.78, 5) is 43.2. The number of likely N-dealkylation sites (tertiary alicyclic amines) is 1. The zero-order chi connectivity index (χ0) is 25.6. The number of carbonyl (C=O) groups is 3. The van der Waals surface area contributed by atoms with Crippen LogP contribution in [0.2, 0.25) is 0 Å². The molecule has 0 bridgehead atoms. The molecule has 2 saturated heterocycles. The van der Waals surface area contributed by atoms with Crippen LogP contribution in [0.25, 0.3) is 0 Å². The number of likely N-dealkylation sites (N-methyl/N-ethyl adjacent to an activating group) is 1. The first-order valence-electron chi connectivity index (χ1n) is 12.0. The van der Waals surface area contributed by atoms with Crippen LogP contribution >= 0.6 is 15.9 Å². The summed E-state index contributed by atoms with van der Waals surface area (Å²) in [6.07, 6.45) is 0.125. The number of carbonyl (C=O) groups excluding carboxylic acids is 3. The second-order valence-corrected chi connectivity index (χ2v) is 11.0. The van der Waals surface area contributed by atoms with Gasteiger partial charge in [0.05, 0.1) is 13.2 Å². The van der Waals surface area contributed by atoms with Crippen molar-refractivity contribution in [3.05, 3.63) is 28.7 Å². The molecule has 2 heterocycles. The van der Waals surface area contributed by atoms with Crippen molar-refractivity contribution in [3.63, 3.8) is 0 Å². The fourth-order valence-corrected chi connectivity index (χ4v) is 4.56. The van der Waals surface area contributed by atoms with Gasteiger partial charge in [-0.05, 0) is 39.0 Å². The smallest absolute Gasteiger partial charge is 0.410 e. The molecule has 0 spiro atoms. The van der Waals surface area contributed by atoms with Crippen LogP contribution in [-0.2, 0) is 19.1 Å². The van der Waals surface area contributed by atoms with Crippen LogP contribution in [0.1, 0.15) is 33.6 Å². The normalized spacial score (nSPS) is 20.8. The monoisotopic (exact) mass is 553 g/mol. The predicted octanol–water partition coefficient (Wildman–Crippen LogP) is 3.16. The van der Waals surface area contributed by atoms with E-state index in [0.29, 0.717) is 45.8 Å². The minimum Gasteiger partial charge on any atom is -0.490 e. The molecule has 1 aromatic rings. The van der Waals surface area contributed by atoms with Crippen LogP contribution in [0.15, 0.2) is 28.7 Å². The van der Waals surface area contributed by atoms with E-state index < -0.39 is 11.7 Å². The van der Waals surface area contributed by atoms with Crippen LogP contribution in [0.4, 0.5) is 4.79 Å². The standard InChI is InChI=1S/C25H36BrN3O6/c1-25(2,3)35-24(32)27(4)17-23(31)29-9-8-21(34-20-7-5-6-19(26)15-20)18(16-29)14-22(30)28-10-12-33-13-11-28/h5-7,15,18,21H,8-14,16-17H2,1-4H3/t18-,21-/m0/s1. The van der Waals surface area contributed by atoms with Crippen LogP contribution in [0.3, 0.4) is 0 Å². The molecule has 3 rings (SSSR count). The lowest BCUT2D eigenvalue weighted by atomic mass is 9.90. The molecule has 2 aliphatic rings. The Labute approximate surface area is 215 Å². The summed E-state index contributed by atoms with van der Waals surface area (Å²) in [6.45, 7) is 8.37. The Bertz CT molecular complexity index is 899. The lowest BCUT2D eigenvalue weighted by Crippen LogP contribution is -2.52. The average molecular weight is 554 g/mol. The van der Waals surface area contributed by atoms with Crippen molar-refractivity contribution in [2.45, 2.75) is 45.3 Å². The van der Waals surface area contributed by atoms with E-state index in [2.05, 4.69) is 15.9 Å². The third kappa shape index (κ3) is 8.38. The summed E-state index contributed by atoms with van der Waals surface area (Å²) in [5.41, 5.74) is -0.637. The van der Waals surface area contributed by atoms with Crippen LogP contribution in [0, 0.1) is 5.92 Å². The summed E-state index contributed by atoms with van der Waals surface area (Å²) >= 11 is 3.47. The quantitative estimate of drug-likeness (QED) is 0.537. The Morgan fingerprint density at radius 1 is 1.11 bits per heavy atom. The number of piperidine rings is 1. The Morgan fingerprint density at radius 3 is 2.49 bits per heavy atom. The SMILES string of the molecule is CN(CC(=O)N1CC[C@H](Oc2cccc(Br)c2)[C@@H](CC(=O)N2CCOCC2)C1)C(=O)OC(C)(C)C. The molecule has 0 aliphatic carbocycles. The topological polar surface area (TPSA) is 88.6 Å². The summed E-state index contributed by atoms with van der Waals surface area (Å²) in [5.74, 6) is 0.413. The molecule has 35 heavy (non-hydrogen) atoms. The number of hydrogen-bond donors (Lipinski definition) is 0. The van der Waals surface area contributed by atoms with Crippen molar-refractivity contribution < 1.29 is 28.6 Å². The van der Waals surface area contributed by atoms with E-state index in [1.807, 2.05) is 29.2 Å². The van der Waals surface area contributed by atoms with Gasteiger partial charge in [-0.25, -0.2) is 4.79 Å². The highest BCUT2D eigenvalue weighted by atomic mass is 79.9. The first kappa shape index (κ1) is 27.3. The molecular weight excluding hydrogens is 518 g/mol. The fraction of sp³-hybridized carbons (Fsp3) is 0.640. The molecule has 0 unspecified atom stereocenters. The minimum atomic E-state index is -0.637.